The van der Waals surface area contributed by atoms with E-state index in [1.54, 1.807) is 27.1 Å². The minimum Gasteiger partial charge on any atom is -0.510 e. The molecule has 0 radical (unpaired) electrons. The van der Waals surface area contributed by atoms with Crippen LogP contribution in [0, 0.1) is 23.7 Å². The van der Waals surface area contributed by atoms with Crippen LogP contribution in [-0.2, 0) is 16.0 Å². The van der Waals surface area contributed by atoms with E-state index in [-0.39, 0.29) is 29.7 Å². The molecule has 172 valence electrons. The van der Waals surface area contributed by atoms with E-state index in [4.69, 9.17) is 5.73 Å². The zero-order chi connectivity index (χ0) is 24.4. The van der Waals surface area contributed by atoms with E-state index in [2.05, 4.69) is 11.8 Å². The number of aromatic hydroxyl groups is 1. The summed E-state index contributed by atoms with van der Waals surface area (Å²) in [6.07, 6.45) is 0.257. The lowest BCUT2D eigenvalue weighted by molar-refractivity contribution is -0.148. The molecule has 1 aromatic carbocycles. The molecule has 9 heteroatoms. The number of carbonyl (C=O) groups excluding carboxylic acids is 3. The molecule has 3 aliphatic carbocycles. The van der Waals surface area contributed by atoms with Gasteiger partial charge in [-0.05, 0) is 57.5 Å². The van der Waals surface area contributed by atoms with Crippen molar-refractivity contribution in [2.24, 2.45) is 17.6 Å². The monoisotopic (exact) mass is 452 g/mol. The highest BCUT2D eigenvalue weighted by Gasteiger charge is 2.63. The summed E-state index contributed by atoms with van der Waals surface area (Å²) in [6.45, 7) is 1.64. The van der Waals surface area contributed by atoms with Crippen molar-refractivity contribution in [1.29, 1.82) is 0 Å². The van der Waals surface area contributed by atoms with Crippen LogP contribution >= 0.6 is 0 Å². The maximum atomic E-state index is 13.4. The van der Waals surface area contributed by atoms with Gasteiger partial charge < -0.3 is 26.2 Å². The Morgan fingerprint density at radius 1 is 1.21 bits per heavy atom. The minimum atomic E-state index is -2.64. The normalized spacial score (nSPS) is 28.7. The molecule has 33 heavy (non-hydrogen) atoms. The van der Waals surface area contributed by atoms with Crippen LogP contribution in [0.15, 0.2) is 34.8 Å². The molecule has 1 aromatic rings. The number of ketones is 2. The van der Waals surface area contributed by atoms with E-state index in [1.807, 2.05) is 0 Å². The number of rotatable bonds is 2. The summed E-state index contributed by atoms with van der Waals surface area (Å²) in [6, 6.07) is 1.91. The predicted molar refractivity (Wildman–Crippen MR) is 116 cm³/mol. The number of phenolic OH excluding ortho intramolecular Hbond substituents is 1. The summed E-state index contributed by atoms with van der Waals surface area (Å²) in [5, 5.41) is 43.8. The number of aliphatic hydroxyl groups excluding tert-OH is 2. The molecule has 3 aliphatic rings. The maximum Gasteiger partial charge on any atom is 0.255 e. The Bertz CT molecular complexity index is 1250. The zero-order valence-electron chi connectivity index (χ0n) is 18.3. The van der Waals surface area contributed by atoms with Gasteiger partial charge in [-0.25, -0.2) is 0 Å². The molecule has 4 atom stereocenters. The Hall–Kier alpha value is -3.61. The van der Waals surface area contributed by atoms with E-state index in [1.165, 1.54) is 11.0 Å². The Labute approximate surface area is 189 Å². The van der Waals surface area contributed by atoms with E-state index < -0.39 is 58.0 Å². The molecular formula is C24H24N2O7. The second-order valence-electron chi connectivity index (χ2n) is 8.82. The summed E-state index contributed by atoms with van der Waals surface area (Å²) in [5.74, 6) is -1.00. The molecule has 4 rings (SSSR count). The number of Topliss-reactive ketones (excluding diaryl/α,β-unsaturated/α-hetero) is 2. The van der Waals surface area contributed by atoms with Crippen LogP contribution in [0.4, 0.5) is 0 Å². The standard InChI is InChI=1S/C24H24N2O7/c1-4-5-10-6-7-14(27)16-12(10)8-11-9-13-18(26(2)3)20(29)17(23(25)32)22(31)24(13,33)21(30)15(11)19(16)28/h6-7,11,13,18,27,29-30,33H,8-9H2,1-3H3,(H2,25,32)/t11?,13?,18-,24-/m0/s1. The van der Waals surface area contributed by atoms with Gasteiger partial charge in [0.1, 0.15) is 22.8 Å². The van der Waals surface area contributed by atoms with Gasteiger partial charge in [0.2, 0.25) is 5.78 Å². The van der Waals surface area contributed by atoms with Crippen LogP contribution in [0.5, 0.6) is 5.75 Å². The summed E-state index contributed by atoms with van der Waals surface area (Å²) in [7, 11) is 3.17. The minimum absolute atomic E-state index is 0.0421. The number of aliphatic hydroxyl groups is 3. The fourth-order valence-corrected chi connectivity index (χ4v) is 5.50. The Morgan fingerprint density at radius 2 is 1.88 bits per heavy atom. The van der Waals surface area contributed by atoms with Crippen LogP contribution in [0.1, 0.15) is 34.8 Å². The van der Waals surface area contributed by atoms with Crippen LogP contribution < -0.4 is 5.73 Å². The summed E-state index contributed by atoms with van der Waals surface area (Å²) in [4.78, 5) is 40.1. The first-order chi connectivity index (χ1) is 15.5. The Balaban J connectivity index is 1.98. The average molecular weight is 452 g/mol. The lowest BCUT2D eigenvalue weighted by Crippen LogP contribution is -2.63. The van der Waals surface area contributed by atoms with Crippen molar-refractivity contribution in [3.8, 4) is 17.6 Å². The Morgan fingerprint density at radius 3 is 2.45 bits per heavy atom. The second-order valence-corrected chi connectivity index (χ2v) is 8.82. The summed E-state index contributed by atoms with van der Waals surface area (Å²) in [5.41, 5.74) is 2.68. The number of hydrogen-bond acceptors (Lipinski definition) is 8. The van der Waals surface area contributed by atoms with Gasteiger partial charge in [-0.2, -0.15) is 0 Å². The quantitative estimate of drug-likeness (QED) is 0.320. The third kappa shape index (κ3) is 2.91. The van der Waals surface area contributed by atoms with E-state index in [9.17, 15) is 34.8 Å². The van der Waals surface area contributed by atoms with Gasteiger partial charge in [0.25, 0.3) is 5.91 Å². The highest BCUT2D eigenvalue weighted by Crippen LogP contribution is 2.52. The molecular weight excluding hydrogens is 428 g/mol. The number of allylic oxidation sites excluding steroid dienone is 1. The first kappa shape index (κ1) is 22.6. The number of nitrogens with two attached hydrogens (primary N) is 1. The Kier molecular flexibility index (Phi) is 5.11. The van der Waals surface area contributed by atoms with Gasteiger partial charge in [0.15, 0.2) is 11.4 Å². The van der Waals surface area contributed by atoms with E-state index >= 15 is 0 Å². The van der Waals surface area contributed by atoms with Crippen molar-refractivity contribution < 1.29 is 34.8 Å². The molecule has 0 saturated heterocycles. The van der Waals surface area contributed by atoms with Gasteiger partial charge in [-0.1, -0.05) is 5.92 Å². The maximum absolute atomic E-state index is 13.4. The number of fused-ring (bicyclic) bond motifs is 3. The smallest absolute Gasteiger partial charge is 0.255 e. The van der Waals surface area contributed by atoms with Crippen LogP contribution in [0.2, 0.25) is 0 Å². The molecule has 6 N–H and O–H groups in total. The van der Waals surface area contributed by atoms with Crippen molar-refractivity contribution in [1.82, 2.24) is 4.90 Å². The van der Waals surface area contributed by atoms with Gasteiger partial charge >= 0.3 is 0 Å². The SMILES string of the molecule is CC#Cc1ccc(O)c2c1CC1CC3[C@H](N(C)C)C(O)=C(C(N)=O)C(=O)[C@@]3(O)C(O)=C1C2=O. The fraction of sp³-hybridized carbons (Fsp3) is 0.375. The topological polar surface area (TPSA) is 161 Å². The molecule has 0 saturated carbocycles. The van der Waals surface area contributed by atoms with Crippen molar-refractivity contribution in [2.45, 2.75) is 31.4 Å². The molecule has 0 aromatic heterocycles. The van der Waals surface area contributed by atoms with Crippen LogP contribution in [-0.4, -0.2) is 68.5 Å². The number of amides is 1. The number of carbonyl (C=O) groups is 3. The highest BCUT2D eigenvalue weighted by atomic mass is 16.3. The van der Waals surface area contributed by atoms with Crippen molar-refractivity contribution in [2.75, 3.05) is 14.1 Å². The number of primary amides is 1. The molecule has 0 heterocycles. The molecule has 1 amide bonds. The lowest BCUT2D eigenvalue weighted by Gasteiger charge is -2.50. The summed E-state index contributed by atoms with van der Waals surface area (Å²) < 4.78 is 0. The summed E-state index contributed by atoms with van der Waals surface area (Å²) >= 11 is 0. The first-order valence-electron chi connectivity index (χ1n) is 10.4. The highest BCUT2D eigenvalue weighted by molar-refractivity contribution is 6.24. The average Bonchev–Trinajstić information content (AvgIpc) is 2.72. The van der Waals surface area contributed by atoms with Crippen molar-refractivity contribution in [3.05, 3.63) is 51.5 Å². The van der Waals surface area contributed by atoms with E-state index in [0.717, 1.165) is 0 Å². The molecule has 0 aliphatic heterocycles. The third-order valence-electron chi connectivity index (χ3n) is 6.87. The largest absolute Gasteiger partial charge is 0.510 e. The van der Waals surface area contributed by atoms with Crippen LogP contribution in [0.3, 0.4) is 0 Å². The predicted octanol–water partition coefficient (Wildman–Crippen LogP) is 0.492. The molecule has 0 bridgehead atoms. The number of nitrogens with zero attached hydrogens (tertiary/aromatic N) is 1. The van der Waals surface area contributed by atoms with Gasteiger partial charge in [-0.15, -0.1) is 5.92 Å². The van der Waals surface area contributed by atoms with Gasteiger partial charge in [0.05, 0.1) is 11.6 Å². The van der Waals surface area contributed by atoms with Gasteiger partial charge in [0, 0.05) is 17.1 Å². The first-order valence-corrected chi connectivity index (χ1v) is 10.4. The second kappa shape index (κ2) is 7.47. The van der Waals surface area contributed by atoms with E-state index in [0.29, 0.717) is 11.1 Å². The zero-order valence-corrected chi connectivity index (χ0v) is 18.3. The van der Waals surface area contributed by atoms with Crippen LogP contribution in [0.25, 0.3) is 0 Å². The van der Waals surface area contributed by atoms with Gasteiger partial charge in [-0.3, -0.25) is 19.3 Å². The molecule has 0 fully saturated rings. The molecule has 2 unspecified atom stereocenters. The number of phenols is 1. The third-order valence-corrected chi connectivity index (χ3v) is 6.87. The van der Waals surface area contributed by atoms with Crippen molar-refractivity contribution >= 4 is 17.5 Å². The lowest BCUT2D eigenvalue weighted by atomic mass is 9.58. The number of benzene rings is 1. The number of likely N-dealkylation sites (N-methyl/N-ethyl adjacent to an activating group) is 1. The fourth-order valence-electron chi connectivity index (χ4n) is 5.50. The molecule has 9 nitrogen and oxygen atoms in total. The molecule has 0 spiro atoms. The number of hydrogen-bond donors (Lipinski definition) is 5. The van der Waals surface area contributed by atoms with Crippen molar-refractivity contribution in [3.63, 3.8) is 0 Å².